The van der Waals surface area contributed by atoms with E-state index < -0.39 is 0 Å². The molecule has 4 N–H and O–H groups in total. The van der Waals surface area contributed by atoms with Crippen molar-refractivity contribution in [3.63, 3.8) is 0 Å². The number of benzene rings is 1. The lowest BCUT2D eigenvalue weighted by atomic mass is 10.1. The second-order valence-corrected chi connectivity index (χ2v) is 4.10. The molecule has 0 fully saturated rings. The van der Waals surface area contributed by atoms with Gasteiger partial charge in [0.05, 0.1) is 11.9 Å². The standard InChI is InChI=1S/C12H14N4O2/c1-7-4-10-11(18-3-2-17-10)5-8(7)9-6-14-12(15-9)16-13/h4-6H,2-3,13H2,1H3,(H2,14,15,16). The number of aryl methyl sites for hydroxylation is 1. The summed E-state index contributed by atoms with van der Waals surface area (Å²) in [6, 6.07) is 3.93. The van der Waals surface area contributed by atoms with Crippen LogP contribution in [-0.2, 0) is 0 Å². The molecule has 2 aromatic rings. The molecule has 6 heteroatoms. The van der Waals surface area contributed by atoms with Gasteiger partial charge < -0.3 is 14.5 Å². The van der Waals surface area contributed by atoms with E-state index in [0.717, 1.165) is 28.3 Å². The van der Waals surface area contributed by atoms with Gasteiger partial charge in [-0.05, 0) is 24.6 Å². The number of aromatic nitrogens is 2. The maximum absolute atomic E-state index is 5.57. The van der Waals surface area contributed by atoms with E-state index in [-0.39, 0.29) is 0 Å². The second-order valence-electron chi connectivity index (χ2n) is 4.10. The quantitative estimate of drug-likeness (QED) is 0.551. The number of hydrazine groups is 1. The number of fused-ring (bicyclic) bond motifs is 1. The third-order valence-electron chi connectivity index (χ3n) is 2.89. The fourth-order valence-corrected chi connectivity index (χ4v) is 2.01. The van der Waals surface area contributed by atoms with E-state index in [0.29, 0.717) is 19.2 Å². The predicted octanol–water partition coefficient (Wildman–Crippen LogP) is 1.44. The number of nitrogens with two attached hydrogens (primary N) is 1. The molecule has 18 heavy (non-hydrogen) atoms. The van der Waals surface area contributed by atoms with E-state index in [9.17, 15) is 0 Å². The Labute approximate surface area is 104 Å². The highest BCUT2D eigenvalue weighted by Gasteiger charge is 2.15. The molecule has 0 aliphatic carbocycles. The Hall–Kier alpha value is -2.21. The molecule has 0 saturated carbocycles. The smallest absolute Gasteiger partial charge is 0.215 e. The minimum Gasteiger partial charge on any atom is -0.486 e. The molecule has 0 radical (unpaired) electrons. The topological polar surface area (TPSA) is 85.2 Å². The Kier molecular flexibility index (Phi) is 2.56. The highest BCUT2D eigenvalue weighted by Crippen LogP contribution is 2.36. The molecule has 0 bridgehead atoms. The van der Waals surface area contributed by atoms with Crippen molar-refractivity contribution < 1.29 is 9.47 Å². The molecule has 6 nitrogen and oxygen atoms in total. The van der Waals surface area contributed by atoms with Crippen LogP contribution < -0.4 is 20.7 Å². The number of ether oxygens (including phenoxy) is 2. The summed E-state index contributed by atoms with van der Waals surface area (Å²) in [5.41, 5.74) is 5.47. The minimum absolute atomic E-state index is 0.527. The molecule has 1 aromatic heterocycles. The zero-order chi connectivity index (χ0) is 12.5. The molecule has 0 saturated heterocycles. The largest absolute Gasteiger partial charge is 0.486 e. The Morgan fingerprint density at radius 3 is 2.67 bits per heavy atom. The Balaban J connectivity index is 2.06. The third-order valence-corrected chi connectivity index (χ3v) is 2.89. The van der Waals surface area contributed by atoms with Crippen molar-refractivity contribution >= 4 is 5.95 Å². The van der Waals surface area contributed by atoms with Gasteiger partial charge in [0.15, 0.2) is 11.5 Å². The zero-order valence-corrected chi connectivity index (χ0v) is 9.99. The van der Waals surface area contributed by atoms with Gasteiger partial charge in [0.2, 0.25) is 5.95 Å². The van der Waals surface area contributed by atoms with Crippen LogP contribution in [0.25, 0.3) is 11.3 Å². The van der Waals surface area contributed by atoms with Gasteiger partial charge in [0.25, 0.3) is 0 Å². The van der Waals surface area contributed by atoms with Crippen LogP contribution in [0.2, 0.25) is 0 Å². The number of imidazole rings is 1. The van der Waals surface area contributed by atoms with E-state index >= 15 is 0 Å². The summed E-state index contributed by atoms with van der Waals surface area (Å²) in [5, 5.41) is 0. The molecule has 1 aromatic carbocycles. The number of nitrogens with zero attached hydrogens (tertiary/aromatic N) is 1. The van der Waals surface area contributed by atoms with Crippen LogP contribution in [0.3, 0.4) is 0 Å². The average Bonchev–Trinajstić information content (AvgIpc) is 2.86. The van der Waals surface area contributed by atoms with Gasteiger partial charge in [-0.1, -0.05) is 0 Å². The van der Waals surface area contributed by atoms with Crippen LogP contribution in [0, 0.1) is 6.92 Å². The van der Waals surface area contributed by atoms with Crippen molar-refractivity contribution in [2.24, 2.45) is 5.84 Å². The van der Waals surface area contributed by atoms with Gasteiger partial charge in [-0.15, -0.1) is 0 Å². The lowest BCUT2D eigenvalue weighted by Crippen LogP contribution is -2.15. The van der Waals surface area contributed by atoms with Crippen molar-refractivity contribution in [3.8, 4) is 22.8 Å². The molecule has 94 valence electrons. The van der Waals surface area contributed by atoms with E-state index in [4.69, 9.17) is 15.3 Å². The number of H-pyrrole nitrogens is 1. The lowest BCUT2D eigenvalue weighted by Gasteiger charge is -2.20. The summed E-state index contributed by atoms with van der Waals surface area (Å²) in [4.78, 5) is 7.18. The van der Waals surface area contributed by atoms with Gasteiger partial charge in [0, 0.05) is 5.56 Å². The molecule has 3 rings (SSSR count). The van der Waals surface area contributed by atoms with Crippen molar-refractivity contribution in [3.05, 3.63) is 23.9 Å². The van der Waals surface area contributed by atoms with E-state index in [1.54, 1.807) is 6.20 Å². The summed E-state index contributed by atoms with van der Waals surface area (Å²) in [7, 11) is 0. The van der Waals surface area contributed by atoms with Gasteiger partial charge >= 0.3 is 0 Å². The van der Waals surface area contributed by atoms with Crippen LogP contribution in [0.5, 0.6) is 11.5 Å². The monoisotopic (exact) mass is 246 g/mol. The molecule has 0 unspecified atom stereocenters. The normalized spacial score (nSPS) is 13.4. The first-order valence-electron chi connectivity index (χ1n) is 5.70. The number of nitrogen functional groups attached to an aromatic ring is 1. The fraction of sp³-hybridized carbons (Fsp3) is 0.250. The van der Waals surface area contributed by atoms with Crippen LogP contribution in [0.4, 0.5) is 5.95 Å². The SMILES string of the molecule is Cc1cc2c(cc1-c1cnc(NN)[nH]1)OCCO2. The zero-order valence-electron chi connectivity index (χ0n) is 9.99. The molecule has 0 atom stereocenters. The summed E-state index contributed by atoms with van der Waals surface area (Å²) < 4.78 is 11.1. The number of hydrogen-bond acceptors (Lipinski definition) is 5. The second kappa shape index (κ2) is 4.23. The highest BCUT2D eigenvalue weighted by molar-refractivity contribution is 5.69. The summed E-state index contributed by atoms with van der Waals surface area (Å²) in [5.74, 6) is 7.38. The van der Waals surface area contributed by atoms with E-state index in [1.165, 1.54) is 0 Å². The maximum Gasteiger partial charge on any atom is 0.215 e. The lowest BCUT2D eigenvalue weighted by molar-refractivity contribution is 0.171. The summed E-state index contributed by atoms with van der Waals surface area (Å²) >= 11 is 0. The Morgan fingerprint density at radius 1 is 1.28 bits per heavy atom. The first-order valence-corrected chi connectivity index (χ1v) is 5.70. The third kappa shape index (κ3) is 1.76. The number of anilines is 1. The Bertz CT molecular complexity index is 579. The number of hydrogen-bond donors (Lipinski definition) is 3. The van der Waals surface area contributed by atoms with Gasteiger partial charge in [-0.2, -0.15) is 0 Å². The predicted molar refractivity (Wildman–Crippen MR) is 67.6 cm³/mol. The van der Waals surface area contributed by atoms with E-state index in [1.807, 2.05) is 19.1 Å². The van der Waals surface area contributed by atoms with Crippen molar-refractivity contribution in [1.82, 2.24) is 9.97 Å². The molecule has 1 aliphatic rings. The maximum atomic E-state index is 5.57. The molecule has 1 aliphatic heterocycles. The number of nitrogens with one attached hydrogen (secondary N) is 2. The number of rotatable bonds is 2. The molecule has 0 amide bonds. The van der Waals surface area contributed by atoms with Crippen LogP contribution in [0.1, 0.15) is 5.56 Å². The molecular formula is C12H14N4O2. The van der Waals surface area contributed by atoms with Crippen molar-refractivity contribution in [2.75, 3.05) is 18.6 Å². The molecule has 0 spiro atoms. The Morgan fingerprint density at radius 2 is 2.00 bits per heavy atom. The molecule has 2 heterocycles. The van der Waals surface area contributed by atoms with Crippen LogP contribution in [-0.4, -0.2) is 23.2 Å². The van der Waals surface area contributed by atoms with E-state index in [2.05, 4.69) is 15.4 Å². The van der Waals surface area contributed by atoms with Crippen LogP contribution >= 0.6 is 0 Å². The fourth-order valence-electron chi connectivity index (χ4n) is 2.01. The first kappa shape index (κ1) is 10.9. The molecular weight excluding hydrogens is 232 g/mol. The van der Waals surface area contributed by atoms with Gasteiger partial charge in [0.1, 0.15) is 13.2 Å². The first-order chi connectivity index (χ1) is 8.78. The highest BCUT2D eigenvalue weighted by atomic mass is 16.6. The van der Waals surface area contributed by atoms with Gasteiger partial charge in [-0.25, -0.2) is 10.8 Å². The summed E-state index contributed by atoms with van der Waals surface area (Å²) in [6.07, 6.45) is 1.73. The number of aromatic amines is 1. The van der Waals surface area contributed by atoms with Crippen molar-refractivity contribution in [2.45, 2.75) is 6.92 Å². The summed E-state index contributed by atoms with van der Waals surface area (Å²) in [6.45, 7) is 3.19. The van der Waals surface area contributed by atoms with Gasteiger partial charge in [-0.3, -0.25) is 5.43 Å². The van der Waals surface area contributed by atoms with Crippen molar-refractivity contribution in [1.29, 1.82) is 0 Å². The average molecular weight is 246 g/mol. The van der Waals surface area contributed by atoms with Crippen LogP contribution in [0.15, 0.2) is 18.3 Å². The minimum atomic E-state index is 0.527.